The highest BCUT2D eigenvalue weighted by Gasteiger charge is 2.27. The van der Waals surface area contributed by atoms with Gasteiger partial charge in [0.2, 0.25) is 0 Å². The summed E-state index contributed by atoms with van der Waals surface area (Å²) >= 11 is 0. The van der Waals surface area contributed by atoms with Gasteiger partial charge in [-0.1, -0.05) is 0 Å². The quantitative estimate of drug-likeness (QED) is 0.390. The Labute approximate surface area is 160 Å². The molecule has 1 aliphatic rings. The largest absolute Gasteiger partial charge is 0.486 e. The molecule has 0 amide bonds. The molecule has 0 aliphatic carbocycles. The van der Waals surface area contributed by atoms with Gasteiger partial charge in [-0.05, 0) is 12.5 Å². The fourth-order valence-electron chi connectivity index (χ4n) is 2.73. The Morgan fingerprint density at radius 2 is 2.25 bits per heavy atom. The molecule has 150 valence electrons. The zero-order valence-corrected chi connectivity index (χ0v) is 15.6. The molecule has 3 rings (SSSR count). The lowest BCUT2D eigenvalue weighted by atomic mass is 10.1. The highest BCUT2D eigenvalue weighted by molar-refractivity contribution is 5.93. The predicted molar refractivity (Wildman–Crippen MR) is 97.7 cm³/mol. The molecule has 2 aromatic rings. The number of carbonyl (C=O) groups is 1. The fraction of sp³-hybridized carbons (Fsp3) is 0.444. The number of ether oxygens (including phenoxy) is 3. The van der Waals surface area contributed by atoms with E-state index >= 15 is 0 Å². The lowest BCUT2D eigenvalue weighted by Crippen LogP contribution is -2.33. The summed E-state index contributed by atoms with van der Waals surface area (Å²) in [6, 6.07) is 2.69. The number of aromatic nitrogens is 1. The molecule has 2 heterocycles. The molecule has 1 N–H and O–H groups in total. The number of anilines is 1. The van der Waals surface area contributed by atoms with Crippen LogP contribution in [0.3, 0.4) is 0 Å². The van der Waals surface area contributed by atoms with Crippen LogP contribution in [0.15, 0.2) is 22.8 Å². The second-order valence-corrected chi connectivity index (χ2v) is 6.24. The highest BCUT2D eigenvalue weighted by atomic mass is 16.6. The van der Waals surface area contributed by atoms with Crippen LogP contribution in [-0.4, -0.2) is 48.8 Å². The van der Waals surface area contributed by atoms with Crippen molar-refractivity contribution in [3.05, 3.63) is 45.7 Å². The van der Waals surface area contributed by atoms with Crippen molar-refractivity contribution in [3.8, 4) is 5.75 Å². The molecular formula is C18H21N3O7. The fourth-order valence-corrected chi connectivity index (χ4v) is 2.73. The summed E-state index contributed by atoms with van der Waals surface area (Å²) in [5, 5.41) is 14.7. The minimum atomic E-state index is -0.616. The Bertz CT molecular complexity index is 861. The summed E-state index contributed by atoms with van der Waals surface area (Å²) < 4.78 is 20.8. The van der Waals surface area contributed by atoms with E-state index in [1.165, 1.54) is 25.5 Å². The van der Waals surface area contributed by atoms with Gasteiger partial charge in [0.25, 0.3) is 0 Å². The number of oxazole rings is 1. The molecule has 0 bridgehead atoms. The molecule has 1 aromatic heterocycles. The van der Waals surface area contributed by atoms with Crippen molar-refractivity contribution in [2.24, 2.45) is 0 Å². The number of benzene rings is 1. The summed E-state index contributed by atoms with van der Waals surface area (Å²) in [5.41, 5.74) is 0.751. The molecule has 1 aromatic carbocycles. The predicted octanol–water partition coefficient (Wildman–Crippen LogP) is 2.50. The van der Waals surface area contributed by atoms with Crippen molar-refractivity contribution in [3.63, 3.8) is 0 Å². The molecule has 0 unspecified atom stereocenters. The number of hydrogen-bond acceptors (Lipinski definition) is 9. The average Bonchev–Trinajstić information content (AvgIpc) is 3.04. The number of aryl methyl sites for hydroxylation is 1. The van der Waals surface area contributed by atoms with E-state index in [0.29, 0.717) is 31.2 Å². The maximum Gasteiger partial charge on any atom is 0.338 e. The minimum Gasteiger partial charge on any atom is -0.486 e. The number of nitro groups is 1. The van der Waals surface area contributed by atoms with Crippen LogP contribution in [0.25, 0.3) is 0 Å². The number of carbonyl (C=O) groups excluding carboxylic acids is 1. The van der Waals surface area contributed by atoms with Gasteiger partial charge >= 0.3 is 11.7 Å². The van der Waals surface area contributed by atoms with Gasteiger partial charge in [0.1, 0.15) is 12.0 Å². The maximum atomic E-state index is 12.0. The van der Waals surface area contributed by atoms with E-state index in [4.69, 9.17) is 18.6 Å². The zero-order valence-electron chi connectivity index (χ0n) is 15.6. The number of nitrogens with zero attached hydrogens (tertiary/aromatic N) is 2. The van der Waals surface area contributed by atoms with Gasteiger partial charge in [0, 0.05) is 32.6 Å². The average molecular weight is 391 g/mol. The lowest BCUT2D eigenvalue weighted by Gasteiger charge is -2.27. The van der Waals surface area contributed by atoms with Gasteiger partial charge in [-0.15, -0.1) is 0 Å². The van der Waals surface area contributed by atoms with Gasteiger partial charge in [-0.3, -0.25) is 10.1 Å². The van der Waals surface area contributed by atoms with Crippen LogP contribution in [0, 0.1) is 17.0 Å². The third-order valence-electron chi connectivity index (χ3n) is 4.27. The van der Waals surface area contributed by atoms with Gasteiger partial charge < -0.3 is 23.9 Å². The molecule has 0 radical (unpaired) electrons. The minimum absolute atomic E-state index is 0.0128. The van der Waals surface area contributed by atoms with Crippen LogP contribution < -0.4 is 10.1 Å². The number of nitro benzene ring substituents is 1. The number of hydrogen-bond donors (Lipinski definition) is 1. The first-order valence-corrected chi connectivity index (χ1v) is 8.78. The first-order chi connectivity index (χ1) is 13.5. The molecule has 10 heteroatoms. The van der Waals surface area contributed by atoms with Crippen molar-refractivity contribution in [1.82, 2.24) is 4.98 Å². The van der Waals surface area contributed by atoms with Crippen LogP contribution in [0.2, 0.25) is 0 Å². The second-order valence-electron chi connectivity index (χ2n) is 6.24. The summed E-state index contributed by atoms with van der Waals surface area (Å²) in [6.45, 7) is 2.91. The smallest absolute Gasteiger partial charge is 0.338 e. The molecule has 10 nitrogen and oxygen atoms in total. The summed E-state index contributed by atoms with van der Waals surface area (Å²) in [6.07, 6.45) is 2.76. The number of esters is 1. The van der Waals surface area contributed by atoms with E-state index in [-0.39, 0.29) is 35.4 Å². The Morgan fingerprint density at radius 1 is 1.46 bits per heavy atom. The molecular weight excluding hydrogens is 370 g/mol. The van der Waals surface area contributed by atoms with E-state index in [1.54, 1.807) is 6.92 Å². The van der Waals surface area contributed by atoms with E-state index in [1.807, 2.05) is 0 Å². The monoisotopic (exact) mass is 391 g/mol. The molecule has 1 saturated heterocycles. The number of rotatable bonds is 9. The summed E-state index contributed by atoms with van der Waals surface area (Å²) in [7, 11) is 1.24. The van der Waals surface area contributed by atoms with Crippen molar-refractivity contribution in [2.75, 3.05) is 32.2 Å². The Balaban J connectivity index is 1.83. The van der Waals surface area contributed by atoms with Crippen LogP contribution in [0.4, 0.5) is 11.4 Å². The molecule has 1 aliphatic heterocycles. The zero-order chi connectivity index (χ0) is 20.1. The van der Waals surface area contributed by atoms with Crippen molar-refractivity contribution < 1.29 is 28.3 Å². The van der Waals surface area contributed by atoms with Crippen molar-refractivity contribution in [1.29, 1.82) is 0 Å². The Hall–Kier alpha value is -3.14. The molecule has 1 atom stereocenters. The Kier molecular flexibility index (Phi) is 6.09. The van der Waals surface area contributed by atoms with Crippen molar-refractivity contribution >= 4 is 17.3 Å². The van der Waals surface area contributed by atoms with Crippen LogP contribution in [-0.2, 0) is 15.9 Å². The molecule has 0 saturated carbocycles. The van der Waals surface area contributed by atoms with E-state index < -0.39 is 10.9 Å². The van der Waals surface area contributed by atoms with E-state index in [2.05, 4.69) is 10.3 Å². The van der Waals surface area contributed by atoms with Crippen LogP contribution in [0.5, 0.6) is 5.75 Å². The van der Waals surface area contributed by atoms with Crippen molar-refractivity contribution in [2.45, 2.75) is 25.9 Å². The standard InChI is InChI=1S/C18H21N3O7/c1-11-20-13(10-28-11)3-5-27-16-8-12(18(22)25-2)7-15(17(16)21(23)24)19-9-14-4-6-26-14/h7-8,10,14,19H,3-6,9H2,1-2H3/t14-/m0/s1. The summed E-state index contributed by atoms with van der Waals surface area (Å²) in [4.78, 5) is 27.3. The number of methoxy groups -OCH3 is 1. The van der Waals surface area contributed by atoms with E-state index in [0.717, 1.165) is 6.42 Å². The second kappa shape index (κ2) is 8.70. The van der Waals surface area contributed by atoms with E-state index in [9.17, 15) is 14.9 Å². The van der Waals surface area contributed by atoms with Crippen LogP contribution >= 0.6 is 0 Å². The van der Waals surface area contributed by atoms with Gasteiger partial charge in [0.15, 0.2) is 11.6 Å². The lowest BCUT2D eigenvalue weighted by molar-refractivity contribution is -0.385. The molecule has 0 spiro atoms. The topological polar surface area (TPSA) is 126 Å². The third-order valence-corrected chi connectivity index (χ3v) is 4.27. The van der Waals surface area contributed by atoms with Gasteiger partial charge in [0.05, 0.1) is 36.0 Å². The van der Waals surface area contributed by atoms with Gasteiger partial charge in [-0.2, -0.15) is 0 Å². The maximum absolute atomic E-state index is 12.0. The summed E-state index contributed by atoms with van der Waals surface area (Å²) in [5.74, 6) is -0.113. The first-order valence-electron chi connectivity index (χ1n) is 8.78. The Morgan fingerprint density at radius 3 is 2.82 bits per heavy atom. The highest BCUT2D eigenvalue weighted by Crippen LogP contribution is 2.37. The normalized spacial score (nSPS) is 15.6. The first kappa shape index (κ1) is 19.6. The molecule has 28 heavy (non-hydrogen) atoms. The SMILES string of the molecule is COC(=O)c1cc(NC[C@@H]2CCO2)c([N+](=O)[O-])c(OCCc2coc(C)n2)c1. The molecule has 1 fully saturated rings. The van der Waals surface area contributed by atoms with Crippen LogP contribution in [0.1, 0.15) is 28.4 Å². The van der Waals surface area contributed by atoms with Gasteiger partial charge in [-0.25, -0.2) is 9.78 Å². The number of nitrogens with one attached hydrogen (secondary N) is 1. The third kappa shape index (κ3) is 4.58.